The van der Waals surface area contributed by atoms with Gasteiger partial charge in [0.15, 0.2) is 0 Å². The molecule has 1 aliphatic carbocycles. The molecule has 1 saturated carbocycles. The summed E-state index contributed by atoms with van der Waals surface area (Å²) in [5, 5.41) is 2.68. The van der Waals surface area contributed by atoms with Gasteiger partial charge >= 0.3 is 0 Å². The van der Waals surface area contributed by atoms with Crippen molar-refractivity contribution >= 4 is 11.7 Å². The fraction of sp³-hybridized carbons (Fsp3) is 0.571. The van der Waals surface area contributed by atoms with E-state index in [9.17, 15) is 9.18 Å². The summed E-state index contributed by atoms with van der Waals surface area (Å²) in [6, 6.07) is 3.77. The standard InChI is InChI=1S/C14H19FN2O/c1-13(2,3)9-5-6-16-11(7-9)17-12(18)10-8-14(10,4)15/h5-7,10H,8H2,1-4H3,(H,16,17,18). The van der Waals surface area contributed by atoms with Gasteiger partial charge in [0.2, 0.25) is 5.91 Å². The number of nitrogens with zero attached hydrogens (tertiary/aromatic N) is 1. The van der Waals surface area contributed by atoms with Gasteiger partial charge in [-0.25, -0.2) is 9.37 Å². The van der Waals surface area contributed by atoms with Gasteiger partial charge in [-0.3, -0.25) is 4.79 Å². The van der Waals surface area contributed by atoms with Crippen molar-refractivity contribution in [3.8, 4) is 0 Å². The molecule has 0 spiro atoms. The van der Waals surface area contributed by atoms with Gasteiger partial charge in [-0.1, -0.05) is 20.8 Å². The predicted molar refractivity (Wildman–Crippen MR) is 69.2 cm³/mol. The Balaban J connectivity index is 2.09. The monoisotopic (exact) mass is 250 g/mol. The third-order valence-corrected chi connectivity index (χ3v) is 3.36. The molecule has 18 heavy (non-hydrogen) atoms. The lowest BCUT2D eigenvalue weighted by Gasteiger charge is -2.19. The van der Waals surface area contributed by atoms with Gasteiger partial charge < -0.3 is 5.32 Å². The molecule has 4 heteroatoms. The average Bonchev–Trinajstić information content (AvgIpc) is 2.87. The van der Waals surface area contributed by atoms with Crippen molar-refractivity contribution in [2.45, 2.75) is 45.2 Å². The molecule has 0 radical (unpaired) electrons. The van der Waals surface area contributed by atoms with E-state index >= 15 is 0 Å². The first kappa shape index (κ1) is 13.0. The highest BCUT2D eigenvalue weighted by molar-refractivity contribution is 5.94. The molecule has 2 atom stereocenters. The Bertz CT molecular complexity index is 477. The van der Waals surface area contributed by atoms with Crippen LogP contribution in [-0.2, 0) is 10.2 Å². The number of rotatable bonds is 2. The molecule has 1 heterocycles. The number of halogens is 1. The summed E-state index contributed by atoms with van der Waals surface area (Å²) in [6.07, 6.45) is 1.97. The molecule has 0 bridgehead atoms. The van der Waals surface area contributed by atoms with Crippen molar-refractivity contribution in [2.24, 2.45) is 5.92 Å². The van der Waals surface area contributed by atoms with E-state index in [1.165, 1.54) is 6.92 Å². The van der Waals surface area contributed by atoms with Crippen LogP contribution in [0.4, 0.5) is 10.2 Å². The second-order valence-electron chi connectivity index (χ2n) is 6.20. The number of hydrogen-bond acceptors (Lipinski definition) is 2. The lowest BCUT2D eigenvalue weighted by Crippen LogP contribution is -2.19. The predicted octanol–water partition coefficient (Wildman–Crippen LogP) is 3.07. The Morgan fingerprint density at radius 1 is 1.56 bits per heavy atom. The average molecular weight is 250 g/mol. The summed E-state index contributed by atoms with van der Waals surface area (Å²) in [6.45, 7) is 7.73. The fourth-order valence-electron chi connectivity index (χ4n) is 1.88. The number of nitrogens with one attached hydrogen (secondary N) is 1. The van der Waals surface area contributed by atoms with E-state index in [1.807, 2.05) is 12.1 Å². The van der Waals surface area contributed by atoms with Gasteiger partial charge in [-0.15, -0.1) is 0 Å². The van der Waals surface area contributed by atoms with E-state index in [4.69, 9.17) is 0 Å². The third-order valence-electron chi connectivity index (χ3n) is 3.36. The minimum absolute atomic E-state index is 0.00337. The maximum Gasteiger partial charge on any atom is 0.231 e. The van der Waals surface area contributed by atoms with Crippen LogP contribution < -0.4 is 5.32 Å². The molecule has 1 aromatic rings. The molecule has 0 aromatic carbocycles. The second kappa shape index (κ2) is 4.04. The molecule has 2 unspecified atom stereocenters. The molecule has 1 N–H and O–H groups in total. The van der Waals surface area contributed by atoms with Crippen LogP contribution in [0, 0.1) is 5.92 Å². The van der Waals surface area contributed by atoms with Crippen LogP contribution in [0.2, 0.25) is 0 Å². The Morgan fingerprint density at radius 2 is 2.17 bits per heavy atom. The maximum absolute atomic E-state index is 13.4. The van der Waals surface area contributed by atoms with Gasteiger partial charge in [0.25, 0.3) is 0 Å². The SMILES string of the molecule is CC(C)(C)c1ccnc(NC(=O)C2CC2(C)F)c1. The minimum atomic E-state index is -1.34. The summed E-state index contributed by atoms with van der Waals surface area (Å²) < 4.78 is 13.4. The zero-order valence-corrected chi connectivity index (χ0v) is 11.2. The van der Waals surface area contributed by atoms with E-state index in [2.05, 4.69) is 31.1 Å². The minimum Gasteiger partial charge on any atom is -0.310 e. The van der Waals surface area contributed by atoms with Crippen LogP contribution >= 0.6 is 0 Å². The molecule has 2 rings (SSSR count). The Morgan fingerprint density at radius 3 is 2.67 bits per heavy atom. The number of anilines is 1. The number of hydrogen-bond donors (Lipinski definition) is 1. The topological polar surface area (TPSA) is 42.0 Å². The quantitative estimate of drug-likeness (QED) is 0.876. The lowest BCUT2D eigenvalue weighted by atomic mass is 9.88. The molecule has 1 aromatic heterocycles. The Labute approximate surface area is 107 Å². The number of aromatic nitrogens is 1. The van der Waals surface area contributed by atoms with Gasteiger partial charge in [0, 0.05) is 6.20 Å². The van der Waals surface area contributed by atoms with Gasteiger partial charge in [0.1, 0.15) is 11.5 Å². The van der Waals surface area contributed by atoms with E-state index in [1.54, 1.807) is 6.20 Å². The number of alkyl halides is 1. The summed E-state index contributed by atoms with van der Waals surface area (Å²) in [5.74, 6) is -0.314. The van der Waals surface area contributed by atoms with Gasteiger partial charge in [-0.2, -0.15) is 0 Å². The molecule has 1 amide bonds. The summed E-state index contributed by atoms with van der Waals surface area (Å²) in [4.78, 5) is 15.9. The maximum atomic E-state index is 13.4. The first-order valence-corrected chi connectivity index (χ1v) is 6.16. The molecular weight excluding hydrogens is 231 g/mol. The zero-order chi connectivity index (χ0) is 13.6. The number of carbonyl (C=O) groups excluding carboxylic acids is 1. The molecular formula is C14H19FN2O. The molecule has 98 valence electrons. The summed E-state index contributed by atoms with van der Waals surface area (Å²) in [5.41, 5.74) is -0.255. The largest absolute Gasteiger partial charge is 0.310 e. The Kier molecular flexibility index (Phi) is 2.92. The highest BCUT2D eigenvalue weighted by Crippen LogP contribution is 2.47. The zero-order valence-electron chi connectivity index (χ0n) is 11.2. The molecule has 0 aliphatic heterocycles. The van der Waals surface area contributed by atoms with Crippen LogP contribution in [0.3, 0.4) is 0 Å². The lowest BCUT2D eigenvalue weighted by molar-refractivity contribution is -0.118. The van der Waals surface area contributed by atoms with Crippen molar-refractivity contribution in [3.63, 3.8) is 0 Å². The first-order chi connectivity index (χ1) is 8.20. The van der Waals surface area contributed by atoms with Crippen molar-refractivity contribution in [3.05, 3.63) is 23.9 Å². The van der Waals surface area contributed by atoms with E-state index in [0.29, 0.717) is 12.2 Å². The van der Waals surface area contributed by atoms with Gasteiger partial charge in [0.05, 0.1) is 5.92 Å². The van der Waals surface area contributed by atoms with E-state index < -0.39 is 11.6 Å². The molecule has 1 fully saturated rings. The van der Waals surface area contributed by atoms with Crippen molar-refractivity contribution in [1.82, 2.24) is 4.98 Å². The highest BCUT2D eigenvalue weighted by atomic mass is 19.1. The summed E-state index contributed by atoms with van der Waals surface area (Å²) >= 11 is 0. The smallest absolute Gasteiger partial charge is 0.231 e. The van der Waals surface area contributed by atoms with Crippen LogP contribution in [-0.4, -0.2) is 16.6 Å². The van der Waals surface area contributed by atoms with Crippen molar-refractivity contribution in [1.29, 1.82) is 0 Å². The normalized spacial score (nSPS) is 26.8. The van der Waals surface area contributed by atoms with E-state index in [0.717, 1.165) is 5.56 Å². The molecule has 1 aliphatic rings. The fourth-order valence-corrected chi connectivity index (χ4v) is 1.88. The van der Waals surface area contributed by atoms with Crippen molar-refractivity contribution < 1.29 is 9.18 Å². The van der Waals surface area contributed by atoms with E-state index in [-0.39, 0.29) is 11.3 Å². The number of pyridine rings is 1. The Hall–Kier alpha value is -1.45. The van der Waals surface area contributed by atoms with Crippen molar-refractivity contribution in [2.75, 3.05) is 5.32 Å². The third kappa shape index (κ3) is 2.68. The first-order valence-electron chi connectivity index (χ1n) is 6.16. The number of carbonyl (C=O) groups is 1. The number of amides is 1. The van der Waals surface area contributed by atoms with Crippen LogP contribution in [0.1, 0.15) is 39.7 Å². The molecule has 0 saturated heterocycles. The van der Waals surface area contributed by atoms with Crippen LogP contribution in [0.5, 0.6) is 0 Å². The van der Waals surface area contributed by atoms with Crippen LogP contribution in [0.15, 0.2) is 18.3 Å². The summed E-state index contributed by atoms with van der Waals surface area (Å²) in [7, 11) is 0. The highest BCUT2D eigenvalue weighted by Gasteiger charge is 2.55. The van der Waals surface area contributed by atoms with Crippen LogP contribution in [0.25, 0.3) is 0 Å². The van der Waals surface area contributed by atoms with Gasteiger partial charge in [-0.05, 0) is 36.5 Å². The molecule has 3 nitrogen and oxygen atoms in total. The second-order valence-corrected chi connectivity index (χ2v) is 6.20.